The predicted molar refractivity (Wildman–Crippen MR) is 45.8 cm³/mol. The van der Waals surface area contributed by atoms with Crippen molar-refractivity contribution in [3.63, 3.8) is 0 Å². The smallest absolute Gasteiger partial charge is 0.304 e. The highest BCUT2D eigenvalue weighted by Crippen LogP contribution is 1.95. The molecular formula is C6H14O5S. The van der Waals surface area contributed by atoms with Gasteiger partial charge in [0.05, 0.1) is 6.42 Å². The van der Waals surface area contributed by atoms with Gasteiger partial charge in [-0.15, -0.1) is 0 Å². The van der Waals surface area contributed by atoms with E-state index in [0.29, 0.717) is 5.75 Å². The summed E-state index contributed by atoms with van der Waals surface area (Å²) >= 11 is 3.68. The van der Waals surface area contributed by atoms with Crippen molar-refractivity contribution in [1.82, 2.24) is 0 Å². The largest absolute Gasteiger partial charge is 0.481 e. The SMILES string of the molecule is CCC(O)(O)O.O=C(O)CCS. The molecule has 5 nitrogen and oxygen atoms in total. The molecule has 0 atom stereocenters. The second kappa shape index (κ2) is 7.35. The summed E-state index contributed by atoms with van der Waals surface area (Å²) in [5, 5.41) is 31.7. The number of rotatable bonds is 3. The van der Waals surface area contributed by atoms with Crippen molar-refractivity contribution in [2.45, 2.75) is 25.7 Å². The third kappa shape index (κ3) is 22.6. The molecule has 6 heteroatoms. The van der Waals surface area contributed by atoms with E-state index >= 15 is 0 Å². The van der Waals surface area contributed by atoms with E-state index in [1.165, 1.54) is 6.92 Å². The van der Waals surface area contributed by atoms with Gasteiger partial charge in [0.25, 0.3) is 5.97 Å². The van der Waals surface area contributed by atoms with Gasteiger partial charge in [-0.05, 0) is 0 Å². The van der Waals surface area contributed by atoms with E-state index in [1.54, 1.807) is 0 Å². The van der Waals surface area contributed by atoms with Crippen LogP contribution < -0.4 is 0 Å². The fraction of sp³-hybridized carbons (Fsp3) is 0.833. The van der Waals surface area contributed by atoms with E-state index in [9.17, 15) is 4.79 Å². The first-order valence-corrected chi connectivity index (χ1v) is 3.96. The minimum absolute atomic E-state index is 0.0625. The maximum absolute atomic E-state index is 9.55. The van der Waals surface area contributed by atoms with Crippen LogP contribution >= 0.6 is 12.6 Å². The Balaban J connectivity index is 0. The molecule has 0 aromatic heterocycles. The van der Waals surface area contributed by atoms with E-state index < -0.39 is 11.9 Å². The van der Waals surface area contributed by atoms with Crippen LogP contribution in [0.15, 0.2) is 0 Å². The van der Waals surface area contributed by atoms with Crippen molar-refractivity contribution < 1.29 is 25.2 Å². The van der Waals surface area contributed by atoms with E-state index in [0.717, 1.165) is 0 Å². The fourth-order valence-electron chi connectivity index (χ4n) is 0.0956. The van der Waals surface area contributed by atoms with Gasteiger partial charge >= 0.3 is 5.97 Å². The second-order valence-electron chi connectivity index (χ2n) is 2.00. The number of carboxylic acids is 1. The first-order chi connectivity index (χ1) is 5.33. The molecule has 0 aromatic rings. The van der Waals surface area contributed by atoms with E-state index in [-0.39, 0.29) is 12.8 Å². The maximum Gasteiger partial charge on any atom is 0.304 e. The molecule has 0 amide bonds. The Kier molecular flexibility index (Phi) is 8.73. The highest BCUT2D eigenvalue weighted by molar-refractivity contribution is 7.80. The summed E-state index contributed by atoms with van der Waals surface area (Å²) in [6.45, 7) is 1.46. The molecule has 0 aromatic carbocycles. The van der Waals surface area contributed by atoms with Crippen molar-refractivity contribution in [3.05, 3.63) is 0 Å². The fourth-order valence-corrected chi connectivity index (χ4v) is 0.287. The number of hydrogen-bond donors (Lipinski definition) is 5. The average molecular weight is 198 g/mol. The van der Waals surface area contributed by atoms with E-state index in [2.05, 4.69) is 12.6 Å². The van der Waals surface area contributed by atoms with Crippen LogP contribution in [0.25, 0.3) is 0 Å². The van der Waals surface area contributed by atoms with Crippen molar-refractivity contribution in [1.29, 1.82) is 0 Å². The molecule has 0 rings (SSSR count). The van der Waals surface area contributed by atoms with E-state index in [1.807, 2.05) is 0 Å². The minimum Gasteiger partial charge on any atom is -0.481 e. The molecule has 0 fully saturated rings. The maximum atomic E-state index is 9.55. The van der Waals surface area contributed by atoms with Crippen LogP contribution in [-0.4, -0.2) is 38.1 Å². The molecule has 12 heavy (non-hydrogen) atoms. The summed E-state index contributed by atoms with van der Waals surface area (Å²) < 4.78 is 0. The molecule has 4 N–H and O–H groups in total. The van der Waals surface area contributed by atoms with Gasteiger partial charge in [-0.3, -0.25) is 4.79 Å². The Labute approximate surface area is 76.1 Å². The van der Waals surface area contributed by atoms with Crippen LogP contribution in [0.2, 0.25) is 0 Å². The van der Waals surface area contributed by atoms with Gasteiger partial charge < -0.3 is 20.4 Å². The molecule has 0 bridgehead atoms. The number of carbonyl (C=O) groups is 1. The lowest BCUT2D eigenvalue weighted by molar-refractivity contribution is -0.312. The number of aliphatic hydroxyl groups is 3. The monoisotopic (exact) mass is 198 g/mol. The molecule has 0 saturated heterocycles. The third-order valence-electron chi connectivity index (χ3n) is 0.800. The summed E-state index contributed by atoms with van der Waals surface area (Å²) in [6, 6.07) is 0. The Morgan fingerprint density at radius 3 is 1.75 bits per heavy atom. The number of thiol groups is 1. The highest BCUT2D eigenvalue weighted by atomic mass is 32.1. The zero-order chi connectivity index (χ0) is 10.2. The molecule has 0 aliphatic carbocycles. The van der Waals surface area contributed by atoms with Crippen LogP contribution in [0.5, 0.6) is 0 Å². The molecule has 0 spiro atoms. The lowest BCUT2D eigenvalue weighted by atomic mass is 10.4. The quantitative estimate of drug-likeness (QED) is 0.309. The molecule has 0 heterocycles. The van der Waals surface area contributed by atoms with Gasteiger partial charge in [0.15, 0.2) is 0 Å². The summed E-state index contributed by atoms with van der Waals surface area (Å²) in [4.78, 5) is 9.55. The van der Waals surface area contributed by atoms with Crippen LogP contribution in [0.1, 0.15) is 19.8 Å². The Bertz CT molecular complexity index is 120. The number of aliphatic carboxylic acids is 1. The zero-order valence-corrected chi connectivity index (χ0v) is 7.66. The molecule has 0 aliphatic rings. The van der Waals surface area contributed by atoms with Crippen molar-refractivity contribution in [2.75, 3.05) is 5.75 Å². The lowest BCUT2D eigenvalue weighted by Gasteiger charge is -2.08. The van der Waals surface area contributed by atoms with Crippen LogP contribution in [0.4, 0.5) is 0 Å². The summed E-state index contributed by atoms with van der Waals surface area (Å²) in [6.07, 6.45) is 0.0934. The minimum atomic E-state index is -2.46. The second-order valence-corrected chi connectivity index (χ2v) is 2.44. The van der Waals surface area contributed by atoms with Crippen LogP contribution in [0, 0.1) is 0 Å². The average Bonchev–Trinajstić information content (AvgIpc) is 1.87. The number of carboxylic acid groups (broad SMARTS) is 1. The Morgan fingerprint density at radius 2 is 1.75 bits per heavy atom. The van der Waals surface area contributed by atoms with Gasteiger partial charge in [0.2, 0.25) is 0 Å². The molecule has 0 radical (unpaired) electrons. The number of hydrogen-bond acceptors (Lipinski definition) is 5. The summed E-state index contributed by atoms with van der Waals surface area (Å²) in [5.74, 6) is -2.82. The predicted octanol–water partition coefficient (Wildman–Crippen LogP) is -0.582. The highest BCUT2D eigenvalue weighted by Gasteiger charge is 2.11. The Morgan fingerprint density at radius 1 is 1.42 bits per heavy atom. The van der Waals surface area contributed by atoms with Crippen LogP contribution in [0.3, 0.4) is 0 Å². The summed E-state index contributed by atoms with van der Waals surface area (Å²) in [5.41, 5.74) is 0. The van der Waals surface area contributed by atoms with Crippen molar-refractivity contribution in [2.24, 2.45) is 0 Å². The molecule has 0 aliphatic heterocycles. The van der Waals surface area contributed by atoms with Crippen LogP contribution in [-0.2, 0) is 4.79 Å². The van der Waals surface area contributed by atoms with Gasteiger partial charge in [0, 0.05) is 12.2 Å². The first kappa shape index (κ1) is 14.2. The summed E-state index contributed by atoms with van der Waals surface area (Å²) in [7, 11) is 0. The van der Waals surface area contributed by atoms with Gasteiger partial charge in [0.1, 0.15) is 0 Å². The lowest BCUT2D eigenvalue weighted by Crippen LogP contribution is -2.24. The molecule has 74 valence electrons. The topological polar surface area (TPSA) is 98.0 Å². The van der Waals surface area contributed by atoms with Gasteiger partial charge in [-0.1, -0.05) is 6.92 Å². The van der Waals surface area contributed by atoms with E-state index in [4.69, 9.17) is 20.4 Å². The molecular weight excluding hydrogens is 184 g/mol. The van der Waals surface area contributed by atoms with Gasteiger partial charge in [-0.25, -0.2) is 0 Å². The standard InChI is InChI=1S/C3H8O3.C3H6O2S/c1-2-3(4,5)6;4-3(5)1-2-6/h4-6H,2H2,1H3;6H,1-2H2,(H,4,5). The third-order valence-corrected chi connectivity index (χ3v) is 1.02. The zero-order valence-electron chi connectivity index (χ0n) is 6.77. The van der Waals surface area contributed by atoms with Gasteiger partial charge in [-0.2, -0.15) is 12.6 Å². The first-order valence-electron chi connectivity index (χ1n) is 3.33. The Hall–Kier alpha value is -0.300. The molecule has 0 unspecified atom stereocenters. The molecule has 0 saturated carbocycles. The van der Waals surface area contributed by atoms with Crippen molar-refractivity contribution >= 4 is 18.6 Å². The normalized spacial score (nSPS) is 10.1. The van der Waals surface area contributed by atoms with Crippen molar-refractivity contribution in [3.8, 4) is 0 Å².